The maximum absolute atomic E-state index is 9.04. The Hall–Kier alpha value is -0.870. The molecular formula is C10H19N3O. The highest BCUT2D eigenvalue weighted by Crippen LogP contribution is 2.11. The molecule has 80 valence electrons. The molecule has 0 aromatic carbocycles. The van der Waals surface area contributed by atoms with E-state index in [-0.39, 0.29) is 18.7 Å². The van der Waals surface area contributed by atoms with Gasteiger partial charge in [0.05, 0.1) is 12.8 Å². The van der Waals surface area contributed by atoms with E-state index in [9.17, 15) is 0 Å². The van der Waals surface area contributed by atoms with E-state index in [1.165, 1.54) is 0 Å². The Balaban J connectivity index is 2.53. The van der Waals surface area contributed by atoms with Gasteiger partial charge in [-0.2, -0.15) is 5.10 Å². The number of nitrogens with zero attached hydrogens (tertiary/aromatic N) is 2. The van der Waals surface area contributed by atoms with E-state index >= 15 is 0 Å². The Labute approximate surface area is 84.9 Å². The lowest BCUT2D eigenvalue weighted by atomic mass is 10.1. The lowest BCUT2D eigenvalue weighted by molar-refractivity contribution is 0.230. The smallest absolute Gasteiger partial charge is 0.0584 e. The van der Waals surface area contributed by atoms with E-state index in [0.29, 0.717) is 0 Å². The first-order valence-corrected chi connectivity index (χ1v) is 5.02. The summed E-state index contributed by atoms with van der Waals surface area (Å²) in [4.78, 5) is 0. The van der Waals surface area contributed by atoms with Gasteiger partial charge in [-0.1, -0.05) is 6.92 Å². The minimum atomic E-state index is 0.171. The third-order valence-electron chi connectivity index (χ3n) is 2.42. The number of aryl methyl sites for hydroxylation is 1. The van der Waals surface area contributed by atoms with Crippen LogP contribution in [0.1, 0.15) is 31.9 Å². The zero-order chi connectivity index (χ0) is 10.6. The first-order valence-electron chi connectivity index (χ1n) is 5.02. The van der Waals surface area contributed by atoms with Crippen LogP contribution < -0.4 is 5.32 Å². The Bertz CT molecular complexity index is 268. The van der Waals surface area contributed by atoms with E-state index in [1.54, 1.807) is 4.68 Å². The van der Waals surface area contributed by atoms with Crippen molar-refractivity contribution in [1.29, 1.82) is 0 Å². The molecule has 1 rings (SSSR count). The van der Waals surface area contributed by atoms with Gasteiger partial charge in [-0.05, 0) is 13.3 Å². The van der Waals surface area contributed by atoms with Crippen LogP contribution >= 0.6 is 0 Å². The van der Waals surface area contributed by atoms with Crippen LogP contribution in [0.2, 0.25) is 0 Å². The van der Waals surface area contributed by atoms with Gasteiger partial charge in [0.25, 0.3) is 0 Å². The number of hydrogen-bond acceptors (Lipinski definition) is 3. The molecule has 0 amide bonds. The summed E-state index contributed by atoms with van der Waals surface area (Å²) in [5, 5.41) is 16.5. The summed E-state index contributed by atoms with van der Waals surface area (Å²) < 4.78 is 1.79. The SMILES string of the molecule is CC[C@H](CO)N[C@H](C)c1cnn(C)c1. The minimum absolute atomic E-state index is 0.171. The molecule has 0 unspecified atom stereocenters. The lowest BCUT2D eigenvalue weighted by Crippen LogP contribution is -2.33. The molecular weight excluding hydrogens is 178 g/mol. The van der Waals surface area contributed by atoms with Gasteiger partial charge in [0, 0.05) is 30.9 Å². The van der Waals surface area contributed by atoms with E-state index in [4.69, 9.17) is 5.11 Å². The minimum Gasteiger partial charge on any atom is -0.395 e. The number of aliphatic hydroxyl groups is 1. The van der Waals surface area contributed by atoms with Crippen LogP contribution in [0.5, 0.6) is 0 Å². The molecule has 4 heteroatoms. The summed E-state index contributed by atoms with van der Waals surface area (Å²) in [7, 11) is 1.90. The van der Waals surface area contributed by atoms with Gasteiger partial charge in [0.15, 0.2) is 0 Å². The predicted octanol–water partition coefficient (Wildman–Crippen LogP) is 0.842. The third-order valence-corrected chi connectivity index (χ3v) is 2.42. The molecule has 2 N–H and O–H groups in total. The molecule has 0 aliphatic heterocycles. The van der Waals surface area contributed by atoms with Crippen molar-refractivity contribution in [2.75, 3.05) is 6.61 Å². The summed E-state index contributed by atoms with van der Waals surface area (Å²) in [6.45, 7) is 4.32. The average Bonchev–Trinajstić information content (AvgIpc) is 2.61. The number of hydrogen-bond donors (Lipinski definition) is 2. The Kier molecular flexibility index (Phi) is 4.10. The summed E-state index contributed by atoms with van der Waals surface area (Å²) >= 11 is 0. The van der Waals surface area contributed by atoms with E-state index < -0.39 is 0 Å². The molecule has 1 aromatic heterocycles. The Morgan fingerprint density at radius 2 is 2.36 bits per heavy atom. The molecule has 0 saturated carbocycles. The highest BCUT2D eigenvalue weighted by atomic mass is 16.3. The standard InChI is InChI=1S/C10H19N3O/c1-4-10(7-14)12-8(2)9-5-11-13(3)6-9/h5-6,8,10,12,14H,4,7H2,1-3H3/t8-,10-/m1/s1. The van der Waals surface area contributed by atoms with Crippen LogP contribution in [-0.2, 0) is 7.05 Å². The number of nitrogens with one attached hydrogen (secondary N) is 1. The fourth-order valence-corrected chi connectivity index (χ4v) is 1.41. The molecule has 0 spiro atoms. The second-order valence-electron chi connectivity index (χ2n) is 3.62. The molecule has 0 aliphatic carbocycles. The Morgan fingerprint density at radius 1 is 1.64 bits per heavy atom. The van der Waals surface area contributed by atoms with Crippen LogP contribution in [0, 0.1) is 0 Å². The van der Waals surface area contributed by atoms with Crippen LogP contribution in [0.3, 0.4) is 0 Å². The van der Waals surface area contributed by atoms with E-state index in [0.717, 1.165) is 12.0 Å². The maximum atomic E-state index is 9.04. The fourth-order valence-electron chi connectivity index (χ4n) is 1.41. The van der Waals surface area contributed by atoms with E-state index in [2.05, 4.69) is 24.3 Å². The van der Waals surface area contributed by atoms with Crippen molar-refractivity contribution in [3.63, 3.8) is 0 Å². The molecule has 1 aromatic rings. The van der Waals surface area contributed by atoms with Crippen LogP contribution in [0.15, 0.2) is 12.4 Å². The number of rotatable bonds is 5. The maximum Gasteiger partial charge on any atom is 0.0584 e. The molecule has 0 fully saturated rings. The summed E-state index contributed by atoms with van der Waals surface area (Å²) in [5.74, 6) is 0. The largest absolute Gasteiger partial charge is 0.395 e. The van der Waals surface area contributed by atoms with Crippen molar-refractivity contribution < 1.29 is 5.11 Å². The van der Waals surface area contributed by atoms with Crippen molar-refractivity contribution in [1.82, 2.24) is 15.1 Å². The zero-order valence-electron chi connectivity index (χ0n) is 9.07. The van der Waals surface area contributed by atoms with E-state index in [1.807, 2.05) is 19.4 Å². The topological polar surface area (TPSA) is 50.1 Å². The highest BCUT2D eigenvalue weighted by molar-refractivity contribution is 5.09. The van der Waals surface area contributed by atoms with Crippen LogP contribution in [0.25, 0.3) is 0 Å². The molecule has 0 radical (unpaired) electrons. The fraction of sp³-hybridized carbons (Fsp3) is 0.700. The van der Waals surface area contributed by atoms with Gasteiger partial charge in [0.1, 0.15) is 0 Å². The summed E-state index contributed by atoms with van der Waals surface area (Å²) in [6, 6.07) is 0.408. The van der Waals surface area contributed by atoms with Gasteiger partial charge in [-0.3, -0.25) is 4.68 Å². The van der Waals surface area contributed by atoms with Gasteiger partial charge >= 0.3 is 0 Å². The van der Waals surface area contributed by atoms with Gasteiger partial charge in [-0.15, -0.1) is 0 Å². The summed E-state index contributed by atoms with van der Waals surface area (Å²) in [6.07, 6.45) is 4.77. The summed E-state index contributed by atoms with van der Waals surface area (Å²) in [5.41, 5.74) is 1.15. The molecule has 0 saturated heterocycles. The first-order chi connectivity index (χ1) is 6.67. The van der Waals surface area contributed by atoms with Crippen LogP contribution in [-0.4, -0.2) is 27.5 Å². The zero-order valence-corrected chi connectivity index (χ0v) is 9.07. The molecule has 2 atom stereocenters. The monoisotopic (exact) mass is 197 g/mol. The van der Waals surface area contributed by atoms with Crippen LogP contribution in [0.4, 0.5) is 0 Å². The quantitative estimate of drug-likeness (QED) is 0.735. The molecule has 0 aliphatic rings. The second-order valence-corrected chi connectivity index (χ2v) is 3.62. The highest BCUT2D eigenvalue weighted by Gasteiger charge is 2.11. The molecule has 14 heavy (non-hydrogen) atoms. The first kappa shape index (κ1) is 11.2. The number of aromatic nitrogens is 2. The van der Waals surface area contributed by atoms with Crippen molar-refractivity contribution >= 4 is 0 Å². The Morgan fingerprint density at radius 3 is 2.79 bits per heavy atom. The van der Waals surface area contributed by atoms with Crippen molar-refractivity contribution in [3.8, 4) is 0 Å². The molecule has 0 bridgehead atoms. The normalized spacial score (nSPS) is 15.4. The predicted molar refractivity (Wildman–Crippen MR) is 55.9 cm³/mol. The third kappa shape index (κ3) is 2.82. The molecule has 1 heterocycles. The van der Waals surface area contributed by atoms with Crippen molar-refractivity contribution in [2.45, 2.75) is 32.4 Å². The van der Waals surface area contributed by atoms with Gasteiger partial charge < -0.3 is 10.4 Å². The number of aliphatic hydroxyl groups excluding tert-OH is 1. The van der Waals surface area contributed by atoms with Gasteiger partial charge in [-0.25, -0.2) is 0 Å². The second kappa shape index (κ2) is 5.12. The lowest BCUT2D eigenvalue weighted by Gasteiger charge is -2.19. The van der Waals surface area contributed by atoms with Crippen molar-refractivity contribution in [2.24, 2.45) is 7.05 Å². The van der Waals surface area contributed by atoms with Crippen molar-refractivity contribution in [3.05, 3.63) is 18.0 Å². The van der Waals surface area contributed by atoms with Gasteiger partial charge in [0.2, 0.25) is 0 Å². The molecule has 4 nitrogen and oxygen atoms in total. The average molecular weight is 197 g/mol.